The second kappa shape index (κ2) is 10.6. The minimum absolute atomic E-state index is 0.138. The van der Waals surface area contributed by atoms with Crippen molar-refractivity contribution in [2.24, 2.45) is 0 Å². The van der Waals surface area contributed by atoms with Crippen LogP contribution in [0.5, 0.6) is 0 Å². The number of aliphatic hydroxyl groups is 2. The van der Waals surface area contributed by atoms with E-state index in [2.05, 4.69) is 12.1 Å². The van der Waals surface area contributed by atoms with Crippen molar-refractivity contribution in [3.63, 3.8) is 0 Å². The summed E-state index contributed by atoms with van der Waals surface area (Å²) in [6, 6.07) is 27.3. The quantitative estimate of drug-likeness (QED) is 0.561. The first-order valence-electron chi connectivity index (χ1n) is 11.2. The first kappa shape index (κ1) is 23.6. The van der Waals surface area contributed by atoms with Crippen molar-refractivity contribution in [1.29, 1.82) is 0 Å². The van der Waals surface area contributed by atoms with Crippen molar-refractivity contribution in [2.75, 3.05) is 13.1 Å². The molecule has 6 nitrogen and oxygen atoms in total. The molecule has 33 heavy (non-hydrogen) atoms. The van der Waals surface area contributed by atoms with Gasteiger partial charge in [-0.25, -0.2) is 0 Å². The van der Waals surface area contributed by atoms with Gasteiger partial charge in [0.1, 0.15) is 0 Å². The largest absolute Gasteiger partial charge is 0.389 e. The maximum absolute atomic E-state index is 13.6. The molecule has 7 heteroatoms. The summed E-state index contributed by atoms with van der Waals surface area (Å²) >= 11 is 0. The molecule has 0 aliphatic carbocycles. The molecule has 0 spiro atoms. The monoisotopic (exact) mass is 466 g/mol. The van der Waals surface area contributed by atoms with Gasteiger partial charge in [0.25, 0.3) is 10.2 Å². The van der Waals surface area contributed by atoms with E-state index in [0.29, 0.717) is 0 Å². The second-order valence-corrected chi connectivity index (χ2v) is 10.4. The standard InChI is InChI=1S/C26H30N2O4S/c29-25-19-27(17-22-11-5-2-6-12-22)33(31,32)28(20-26(25)30)18-24-14-8-7-13-23(24)16-15-21-9-3-1-4-10-21/h1-14,25-26,29-30H,15-20H2/t25-,26-/m0/s1. The summed E-state index contributed by atoms with van der Waals surface area (Å²) in [7, 11) is -3.90. The van der Waals surface area contributed by atoms with Crippen LogP contribution in [0.1, 0.15) is 22.3 Å². The molecule has 3 aromatic rings. The van der Waals surface area contributed by atoms with Crippen LogP contribution >= 0.6 is 0 Å². The zero-order valence-corrected chi connectivity index (χ0v) is 19.3. The Morgan fingerprint density at radius 3 is 1.73 bits per heavy atom. The molecule has 1 saturated heterocycles. The van der Waals surface area contributed by atoms with E-state index < -0.39 is 22.4 Å². The molecule has 1 heterocycles. The molecule has 1 fully saturated rings. The Balaban J connectivity index is 1.57. The van der Waals surface area contributed by atoms with Crippen LogP contribution in [0.15, 0.2) is 84.9 Å². The van der Waals surface area contributed by atoms with Crippen LogP contribution in [0.4, 0.5) is 0 Å². The third kappa shape index (κ3) is 5.88. The van der Waals surface area contributed by atoms with Gasteiger partial charge in [-0.2, -0.15) is 17.0 Å². The average Bonchev–Trinajstić information content (AvgIpc) is 2.90. The van der Waals surface area contributed by atoms with Crippen molar-refractivity contribution in [2.45, 2.75) is 38.1 Å². The Kier molecular flexibility index (Phi) is 7.57. The number of aliphatic hydroxyl groups excluding tert-OH is 2. The van der Waals surface area contributed by atoms with E-state index in [-0.39, 0.29) is 26.2 Å². The predicted molar refractivity (Wildman–Crippen MR) is 128 cm³/mol. The lowest BCUT2D eigenvalue weighted by atomic mass is 9.99. The number of β-amino-alcohol motifs (C(OH)–C–C–N with tert-alkyl or cyclic N) is 2. The number of aryl methyl sites for hydroxylation is 2. The molecule has 4 rings (SSSR count). The predicted octanol–water partition coefficient (Wildman–Crippen LogP) is 2.76. The normalized spacial score (nSPS) is 21.5. The molecule has 0 saturated carbocycles. The maximum Gasteiger partial charge on any atom is 0.282 e. The Hall–Kier alpha value is -2.55. The van der Waals surface area contributed by atoms with Crippen LogP contribution in [0, 0.1) is 0 Å². The van der Waals surface area contributed by atoms with Crippen molar-refractivity contribution >= 4 is 10.2 Å². The maximum atomic E-state index is 13.6. The van der Waals surface area contributed by atoms with Crippen LogP contribution in [0.25, 0.3) is 0 Å². The van der Waals surface area contributed by atoms with Crippen molar-refractivity contribution < 1.29 is 18.6 Å². The zero-order valence-electron chi connectivity index (χ0n) is 18.5. The Morgan fingerprint density at radius 2 is 1.12 bits per heavy atom. The highest BCUT2D eigenvalue weighted by molar-refractivity contribution is 7.86. The molecule has 3 aromatic carbocycles. The lowest BCUT2D eigenvalue weighted by Gasteiger charge is -2.27. The highest BCUT2D eigenvalue weighted by Crippen LogP contribution is 2.24. The summed E-state index contributed by atoms with van der Waals surface area (Å²) in [6.45, 7) is -0.0200. The second-order valence-electron chi connectivity index (χ2n) is 8.47. The third-order valence-electron chi connectivity index (χ3n) is 6.07. The van der Waals surface area contributed by atoms with E-state index in [1.165, 1.54) is 14.2 Å². The van der Waals surface area contributed by atoms with E-state index >= 15 is 0 Å². The van der Waals surface area contributed by atoms with Gasteiger partial charge in [0, 0.05) is 26.2 Å². The van der Waals surface area contributed by atoms with E-state index in [1.54, 1.807) is 0 Å². The van der Waals surface area contributed by atoms with Gasteiger partial charge in [-0.3, -0.25) is 0 Å². The Bertz CT molecular complexity index is 1140. The molecule has 0 unspecified atom stereocenters. The smallest absolute Gasteiger partial charge is 0.282 e. The number of benzene rings is 3. The summed E-state index contributed by atoms with van der Waals surface area (Å²) in [4.78, 5) is 0. The van der Waals surface area contributed by atoms with E-state index in [4.69, 9.17) is 0 Å². The molecular weight excluding hydrogens is 436 g/mol. The molecule has 0 radical (unpaired) electrons. The van der Waals surface area contributed by atoms with Crippen LogP contribution in [0.2, 0.25) is 0 Å². The van der Waals surface area contributed by atoms with Gasteiger partial charge in [-0.15, -0.1) is 0 Å². The Morgan fingerprint density at radius 1 is 0.636 bits per heavy atom. The van der Waals surface area contributed by atoms with Crippen molar-refractivity contribution in [3.8, 4) is 0 Å². The van der Waals surface area contributed by atoms with Crippen molar-refractivity contribution in [1.82, 2.24) is 8.61 Å². The summed E-state index contributed by atoms with van der Waals surface area (Å²) in [5, 5.41) is 20.9. The van der Waals surface area contributed by atoms with Gasteiger partial charge in [-0.05, 0) is 35.1 Å². The molecule has 0 aromatic heterocycles. The van der Waals surface area contributed by atoms with Gasteiger partial charge in [-0.1, -0.05) is 84.9 Å². The van der Waals surface area contributed by atoms with Crippen LogP contribution in [-0.4, -0.2) is 52.5 Å². The molecule has 174 valence electrons. The molecule has 1 aliphatic rings. The van der Waals surface area contributed by atoms with E-state index in [0.717, 1.165) is 29.5 Å². The Labute approximate surface area is 195 Å². The number of hydrogen-bond donors (Lipinski definition) is 2. The van der Waals surface area contributed by atoms with Gasteiger partial charge in [0.2, 0.25) is 0 Å². The van der Waals surface area contributed by atoms with Gasteiger partial charge in [0.05, 0.1) is 12.2 Å². The highest BCUT2D eigenvalue weighted by Gasteiger charge is 2.39. The van der Waals surface area contributed by atoms with Gasteiger partial charge in [0.15, 0.2) is 0 Å². The first-order valence-corrected chi connectivity index (χ1v) is 12.6. The zero-order chi connectivity index (χ0) is 23.3. The fourth-order valence-electron chi connectivity index (χ4n) is 4.16. The van der Waals surface area contributed by atoms with Gasteiger partial charge >= 0.3 is 0 Å². The summed E-state index contributed by atoms with van der Waals surface area (Å²) in [5.41, 5.74) is 4.03. The minimum atomic E-state index is -3.90. The third-order valence-corrected chi connectivity index (χ3v) is 7.93. The summed E-state index contributed by atoms with van der Waals surface area (Å²) < 4.78 is 29.7. The average molecular weight is 467 g/mol. The van der Waals surface area contributed by atoms with E-state index in [1.807, 2.05) is 72.8 Å². The van der Waals surface area contributed by atoms with Gasteiger partial charge < -0.3 is 10.2 Å². The number of rotatable bonds is 7. The van der Waals surface area contributed by atoms with Crippen LogP contribution in [0.3, 0.4) is 0 Å². The first-order chi connectivity index (χ1) is 15.9. The summed E-state index contributed by atoms with van der Waals surface area (Å²) in [6.07, 6.45) is -0.669. The molecule has 2 atom stereocenters. The lowest BCUT2D eigenvalue weighted by molar-refractivity contribution is 0.00887. The fourth-order valence-corrected chi connectivity index (χ4v) is 5.78. The number of nitrogens with zero attached hydrogens (tertiary/aromatic N) is 2. The lowest BCUT2D eigenvalue weighted by Crippen LogP contribution is -2.42. The molecule has 2 N–H and O–H groups in total. The highest BCUT2D eigenvalue weighted by atomic mass is 32.2. The summed E-state index contributed by atoms with van der Waals surface area (Å²) in [5.74, 6) is 0. The van der Waals surface area contributed by atoms with Crippen molar-refractivity contribution in [3.05, 3.63) is 107 Å². The van der Waals surface area contributed by atoms with Crippen LogP contribution < -0.4 is 0 Å². The number of hydrogen-bond acceptors (Lipinski definition) is 4. The molecule has 0 bridgehead atoms. The van der Waals surface area contributed by atoms with Crippen LogP contribution in [-0.2, 0) is 36.1 Å². The minimum Gasteiger partial charge on any atom is -0.389 e. The topological polar surface area (TPSA) is 81.1 Å². The van der Waals surface area contributed by atoms with E-state index in [9.17, 15) is 18.6 Å². The molecule has 0 amide bonds. The molecule has 1 aliphatic heterocycles. The SMILES string of the molecule is O=S1(=O)N(Cc2ccccc2)C[C@H](O)[C@@H](O)CN1Cc1ccccc1CCc1ccccc1. The fraction of sp³-hybridized carbons (Fsp3) is 0.308. The molecular formula is C26H30N2O4S.